The van der Waals surface area contributed by atoms with Crippen LogP contribution in [0.1, 0.15) is 31.3 Å². The van der Waals surface area contributed by atoms with Gasteiger partial charge < -0.3 is 10.1 Å². The topological polar surface area (TPSA) is 68.3 Å². The maximum Gasteiger partial charge on any atom is 0.345 e. The molecule has 0 aliphatic carbocycles. The van der Waals surface area contributed by atoms with Gasteiger partial charge in [-0.25, -0.2) is 4.79 Å². The van der Waals surface area contributed by atoms with Crippen LogP contribution in [0.15, 0.2) is 66.0 Å². The number of carbonyl (C=O) groups is 2. The number of rotatable bonds is 4. The first-order valence-electron chi connectivity index (χ1n) is 9.05. The van der Waals surface area contributed by atoms with Gasteiger partial charge in [0, 0.05) is 11.1 Å². The number of thiophene rings is 1. The Labute approximate surface area is 172 Å². The van der Waals surface area contributed by atoms with E-state index in [-0.39, 0.29) is 5.91 Å². The van der Waals surface area contributed by atoms with Crippen molar-refractivity contribution in [3.8, 4) is 5.75 Å². The molecule has 1 N–H and O–H groups in total. The molecule has 2 heterocycles. The molecule has 2 aromatic carbocycles. The second-order valence-electron chi connectivity index (χ2n) is 6.66. The van der Waals surface area contributed by atoms with Crippen LogP contribution in [0.25, 0.3) is 10.9 Å². The molecular formula is C23H18N2O3S. The van der Waals surface area contributed by atoms with Crippen LogP contribution in [0.4, 0.5) is 5.69 Å². The highest BCUT2D eigenvalue weighted by Gasteiger charge is 2.15. The molecule has 5 nitrogen and oxygen atoms in total. The summed E-state index contributed by atoms with van der Waals surface area (Å²) < 4.78 is 5.50. The fourth-order valence-corrected chi connectivity index (χ4v) is 3.57. The Kier molecular flexibility index (Phi) is 5.10. The number of pyridine rings is 1. The molecule has 0 saturated heterocycles. The molecule has 29 heavy (non-hydrogen) atoms. The van der Waals surface area contributed by atoms with Crippen molar-refractivity contribution in [3.63, 3.8) is 0 Å². The number of nitrogens with zero attached hydrogens (tertiary/aromatic N) is 1. The van der Waals surface area contributed by atoms with Gasteiger partial charge in [0.05, 0.1) is 21.7 Å². The van der Waals surface area contributed by atoms with E-state index in [1.807, 2.05) is 36.6 Å². The molecule has 0 bridgehead atoms. The Hall–Kier alpha value is -3.51. The largest absolute Gasteiger partial charge is 0.423 e. The van der Waals surface area contributed by atoms with Crippen molar-refractivity contribution in [2.75, 3.05) is 5.32 Å². The average Bonchev–Trinajstić information content (AvgIpc) is 3.24. The average molecular weight is 402 g/mol. The number of aromatic nitrogens is 1. The van der Waals surface area contributed by atoms with Gasteiger partial charge in [-0.15, -0.1) is 11.3 Å². The molecule has 0 aliphatic rings. The summed E-state index contributed by atoms with van der Waals surface area (Å²) in [5.41, 5.74) is 3.64. The normalized spacial score (nSPS) is 10.7. The number of aryl methyl sites for hydroxylation is 2. The number of ether oxygens (including phenoxy) is 1. The zero-order valence-corrected chi connectivity index (χ0v) is 16.7. The lowest BCUT2D eigenvalue weighted by Gasteiger charge is -2.09. The lowest BCUT2D eigenvalue weighted by atomic mass is 10.1. The van der Waals surface area contributed by atoms with Gasteiger partial charge in [-0.2, -0.15) is 0 Å². The van der Waals surface area contributed by atoms with Crippen LogP contribution < -0.4 is 10.1 Å². The Morgan fingerprint density at radius 3 is 2.52 bits per heavy atom. The highest BCUT2D eigenvalue weighted by Crippen LogP contribution is 2.22. The molecule has 0 fully saturated rings. The minimum atomic E-state index is -0.465. The lowest BCUT2D eigenvalue weighted by molar-refractivity contribution is 0.0733. The summed E-state index contributed by atoms with van der Waals surface area (Å²) in [6.45, 7) is 3.80. The second kappa shape index (κ2) is 7.85. The third kappa shape index (κ3) is 4.17. The van der Waals surface area contributed by atoms with Crippen molar-refractivity contribution >= 4 is 39.8 Å². The molecular weight excluding hydrogens is 384 g/mol. The maximum atomic E-state index is 12.6. The summed E-state index contributed by atoms with van der Waals surface area (Å²) in [5.74, 6) is -0.238. The minimum Gasteiger partial charge on any atom is -0.423 e. The summed E-state index contributed by atoms with van der Waals surface area (Å²) in [7, 11) is 0. The Morgan fingerprint density at radius 2 is 1.79 bits per heavy atom. The molecule has 0 unspecified atom stereocenters. The second-order valence-corrected chi connectivity index (χ2v) is 7.61. The number of carbonyl (C=O) groups excluding carboxylic acids is 2. The molecule has 0 radical (unpaired) electrons. The predicted molar refractivity (Wildman–Crippen MR) is 115 cm³/mol. The molecule has 4 aromatic rings. The quantitative estimate of drug-likeness (QED) is 0.367. The number of hydrogen-bond acceptors (Lipinski definition) is 5. The van der Waals surface area contributed by atoms with Gasteiger partial charge >= 0.3 is 5.97 Å². The van der Waals surface area contributed by atoms with Crippen molar-refractivity contribution in [1.29, 1.82) is 0 Å². The Balaban J connectivity index is 1.48. The summed E-state index contributed by atoms with van der Waals surface area (Å²) in [4.78, 5) is 29.9. The molecule has 4 rings (SSSR count). The van der Waals surface area contributed by atoms with E-state index in [4.69, 9.17) is 4.74 Å². The van der Waals surface area contributed by atoms with Gasteiger partial charge in [0.2, 0.25) is 0 Å². The number of amides is 1. The predicted octanol–water partition coefficient (Wildman–Crippen LogP) is 5.38. The number of benzene rings is 2. The SMILES string of the molecule is Cc1ccc2cc(C(=O)Oc3ccc(NC(=O)c4cccs4)cc3)c(C)nc2c1. The summed E-state index contributed by atoms with van der Waals surface area (Å²) in [6.07, 6.45) is 0. The van der Waals surface area contributed by atoms with Gasteiger partial charge in [-0.1, -0.05) is 18.2 Å². The van der Waals surface area contributed by atoms with E-state index in [2.05, 4.69) is 10.3 Å². The van der Waals surface area contributed by atoms with E-state index < -0.39 is 5.97 Å². The van der Waals surface area contributed by atoms with Gasteiger partial charge in [0.25, 0.3) is 5.91 Å². The zero-order valence-electron chi connectivity index (χ0n) is 15.9. The molecule has 1 amide bonds. The number of hydrogen-bond donors (Lipinski definition) is 1. The third-order valence-electron chi connectivity index (χ3n) is 4.45. The highest BCUT2D eigenvalue weighted by atomic mass is 32.1. The maximum absolute atomic E-state index is 12.6. The zero-order chi connectivity index (χ0) is 20.4. The number of fused-ring (bicyclic) bond motifs is 1. The van der Waals surface area contributed by atoms with E-state index in [0.29, 0.717) is 27.6 Å². The molecule has 0 saturated carbocycles. The van der Waals surface area contributed by atoms with E-state index in [1.165, 1.54) is 11.3 Å². The fourth-order valence-electron chi connectivity index (χ4n) is 2.95. The molecule has 0 atom stereocenters. The van der Waals surface area contributed by atoms with Crippen molar-refractivity contribution < 1.29 is 14.3 Å². The summed E-state index contributed by atoms with van der Waals surface area (Å²) >= 11 is 1.37. The van der Waals surface area contributed by atoms with Gasteiger partial charge in [0.15, 0.2) is 0 Å². The molecule has 144 valence electrons. The first-order chi connectivity index (χ1) is 14.0. The third-order valence-corrected chi connectivity index (χ3v) is 5.32. The molecule has 0 aliphatic heterocycles. The number of esters is 1. The lowest BCUT2D eigenvalue weighted by Crippen LogP contribution is -2.12. The van der Waals surface area contributed by atoms with E-state index in [0.717, 1.165) is 16.5 Å². The fraction of sp³-hybridized carbons (Fsp3) is 0.0870. The summed E-state index contributed by atoms with van der Waals surface area (Å²) in [5, 5.41) is 5.55. The Bertz CT molecular complexity index is 1200. The van der Waals surface area contributed by atoms with Crippen LogP contribution in [0, 0.1) is 13.8 Å². The van der Waals surface area contributed by atoms with Crippen molar-refractivity contribution in [2.45, 2.75) is 13.8 Å². The van der Waals surface area contributed by atoms with Crippen molar-refractivity contribution in [1.82, 2.24) is 4.98 Å². The van der Waals surface area contributed by atoms with Crippen LogP contribution in [0.2, 0.25) is 0 Å². The van der Waals surface area contributed by atoms with Gasteiger partial charge in [0.1, 0.15) is 5.75 Å². The van der Waals surface area contributed by atoms with Crippen molar-refractivity contribution in [3.05, 3.63) is 87.7 Å². The van der Waals surface area contributed by atoms with Crippen LogP contribution in [0.5, 0.6) is 5.75 Å². The molecule has 6 heteroatoms. The number of anilines is 1. The smallest absolute Gasteiger partial charge is 0.345 e. The van der Waals surface area contributed by atoms with E-state index in [9.17, 15) is 9.59 Å². The van der Waals surface area contributed by atoms with Gasteiger partial charge in [-0.05, 0) is 67.3 Å². The standard InChI is InChI=1S/C23H18N2O3S/c1-14-5-6-16-13-19(15(2)24-20(16)12-14)23(27)28-18-9-7-17(8-10-18)25-22(26)21-4-3-11-29-21/h3-13H,1-2H3,(H,25,26). The first-order valence-corrected chi connectivity index (χ1v) is 9.93. The highest BCUT2D eigenvalue weighted by molar-refractivity contribution is 7.12. The van der Waals surface area contributed by atoms with Crippen molar-refractivity contribution in [2.24, 2.45) is 0 Å². The van der Waals surface area contributed by atoms with E-state index >= 15 is 0 Å². The van der Waals surface area contributed by atoms with Crippen LogP contribution in [-0.4, -0.2) is 16.9 Å². The summed E-state index contributed by atoms with van der Waals surface area (Å²) in [6, 6.07) is 18.0. The molecule has 0 spiro atoms. The monoisotopic (exact) mass is 402 g/mol. The Morgan fingerprint density at radius 1 is 1.00 bits per heavy atom. The van der Waals surface area contributed by atoms with Crippen LogP contribution in [-0.2, 0) is 0 Å². The van der Waals surface area contributed by atoms with Crippen LogP contribution >= 0.6 is 11.3 Å². The van der Waals surface area contributed by atoms with Crippen LogP contribution in [0.3, 0.4) is 0 Å². The van der Waals surface area contributed by atoms with E-state index in [1.54, 1.807) is 43.3 Å². The first kappa shape index (κ1) is 18.8. The van der Waals surface area contributed by atoms with Gasteiger partial charge in [-0.3, -0.25) is 9.78 Å². The number of nitrogens with one attached hydrogen (secondary N) is 1. The minimum absolute atomic E-state index is 0.169. The molecule has 2 aromatic heterocycles.